The third-order valence-corrected chi connectivity index (χ3v) is 5.02. The predicted molar refractivity (Wildman–Crippen MR) is 120 cm³/mol. The number of hydrogen-bond acceptors (Lipinski definition) is 2. The van der Waals surface area contributed by atoms with Crippen LogP contribution >= 0.6 is 0 Å². The van der Waals surface area contributed by atoms with Gasteiger partial charge in [0.2, 0.25) is 0 Å². The van der Waals surface area contributed by atoms with Gasteiger partial charge in [-0.25, -0.2) is 0 Å². The van der Waals surface area contributed by atoms with E-state index in [9.17, 15) is 0 Å². The van der Waals surface area contributed by atoms with Crippen molar-refractivity contribution >= 4 is 0 Å². The van der Waals surface area contributed by atoms with Gasteiger partial charge in [-0.15, -0.1) is 0 Å². The maximum absolute atomic E-state index is 6.12. The summed E-state index contributed by atoms with van der Waals surface area (Å²) in [6.07, 6.45) is 5.84. The number of aryl methyl sites for hydroxylation is 3. The van der Waals surface area contributed by atoms with E-state index in [1.54, 1.807) is 0 Å². The second kappa shape index (κ2) is 12.9. The van der Waals surface area contributed by atoms with Crippen molar-refractivity contribution in [2.45, 2.75) is 44.8 Å². The van der Waals surface area contributed by atoms with Crippen molar-refractivity contribution in [3.63, 3.8) is 0 Å². The van der Waals surface area contributed by atoms with Gasteiger partial charge >= 0.3 is 0 Å². The quantitative estimate of drug-likeness (QED) is 0.255. The van der Waals surface area contributed by atoms with Crippen molar-refractivity contribution in [1.29, 1.82) is 0 Å². The van der Waals surface area contributed by atoms with Gasteiger partial charge in [0, 0.05) is 6.42 Å². The van der Waals surface area contributed by atoms with Crippen molar-refractivity contribution < 1.29 is 9.47 Å². The summed E-state index contributed by atoms with van der Waals surface area (Å²) >= 11 is 0. The van der Waals surface area contributed by atoms with Crippen LogP contribution in [0.2, 0.25) is 0 Å². The van der Waals surface area contributed by atoms with Crippen molar-refractivity contribution in [1.82, 2.24) is 0 Å². The highest BCUT2D eigenvalue weighted by Crippen LogP contribution is 2.12. The van der Waals surface area contributed by atoms with Gasteiger partial charge in [-0.2, -0.15) is 0 Å². The summed E-state index contributed by atoms with van der Waals surface area (Å²) in [7, 11) is 0. The molecule has 2 nitrogen and oxygen atoms in total. The molecule has 0 saturated heterocycles. The van der Waals surface area contributed by atoms with Gasteiger partial charge in [-0.1, -0.05) is 91.0 Å². The minimum atomic E-state index is -0.137. The first-order chi connectivity index (χ1) is 14.4. The Hall–Kier alpha value is -2.42. The third-order valence-electron chi connectivity index (χ3n) is 5.02. The van der Waals surface area contributed by atoms with Crippen molar-refractivity contribution in [3.05, 3.63) is 108 Å². The molecule has 0 aliphatic rings. The Morgan fingerprint density at radius 1 is 0.483 bits per heavy atom. The molecular formula is C27H32O2. The standard InChI is InChI=1S/C27H32O2/c1-4-12-24(13-5-1)18-10-22-28-27(21-20-26-16-8-3-9-17-26)29-23-11-19-25-14-6-2-7-15-25/h1-9,12-17,27H,10-11,18-23H2. The van der Waals surface area contributed by atoms with E-state index in [4.69, 9.17) is 9.47 Å². The van der Waals surface area contributed by atoms with E-state index in [2.05, 4.69) is 91.0 Å². The first-order valence-corrected chi connectivity index (χ1v) is 10.7. The van der Waals surface area contributed by atoms with Crippen LogP contribution in [0.4, 0.5) is 0 Å². The zero-order chi connectivity index (χ0) is 20.0. The van der Waals surface area contributed by atoms with Crippen LogP contribution in [0.1, 0.15) is 36.0 Å². The molecule has 0 atom stereocenters. The fourth-order valence-corrected chi connectivity index (χ4v) is 3.42. The molecule has 29 heavy (non-hydrogen) atoms. The molecule has 0 amide bonds. The molecule has 152 valence electrons. The van der Waals surface area contributed by atoms with Crippen LogP contribution in [-0.2, 0) is 28.7 Å². The Morgan fingerprint density at radius 2 is 0.862 bits per heavy atom. The second-order valence-corrected chi connectivity index (χ2v) is 7.37. The fourth-order valence-electron chi connectivity index (χ4n) is 3.42. The van der Waals surface area contributed by atoms with Crippen LogP contribution in [0.15, 0.2) is 91.0 Å². The molecule has 3 aromatic rings. The van der Waals surface area contributed by atoms with Crippen LogP contribution in [0.5, 0.6) is 0 Å². The average molecular weight is 389 g/mol. The highest BCUT2D eigenvalue weighted by molar-refractivity contribution is 5.16. The largest absolute Gasteiger partial charge is 0.353 e. The minimum Gasteiger partial charge on any atom is -0.353 e. The van der Waals surface area contributed by atoms with Crippen LogP contribution in [0.3, 0.4) is 0 Å². The monoisotopic (exact) mass is 388 g/mol. The number of hydrogen-bond donors (Lipinski definition) is 0. The van der Waals surface area contributed by atoms with Crippen molar-refractivity contribution in [3.8, 4) is 0 Å². The summed E-state index contributed by atoms with van der Waals surface area (Å²) in [6.45, 7) is 1.46. The van der Waals surface area contributed by atoms with Gasteiger partial charge in [0.1, 0.15) is 0 Å². The first-order valence-electron chi connectivity index (χ1n) is 10.7. The Kier molecular flexibility index (Phi) is 9.49. The Labute approximate surface area is 175 Å². The summed E-state index contributed by atoms with van der Waals surface area (Å²) in [5, 5.41) is 0. The summed E-state index contributed by atoms with van der Waals surface area (Å²) in [5.74, 6) is 0. The maximum Gasteiger partial charge on any atom is 0.157 e. The molecule has 0 saturated carbocycles. The van der Waals surface area contributed by atoms with Crippen LogP contribution in [-0.4, -0.2) is 19.5 Å². The zero-order valence-electron chi connectivity index (χ0n) is 17.2. The molecule has 0 N–H and O–H groups in total. The van der Waals surface area contributed by atoms with E-state index in [0.29, 0.717) is 0 Å². The van der Waals surface area contributed by atoms with Crippen LogP contribution in [0, 0.1) is 0 Å². The SMILES string of the molecule is c1ccc(CCCOC(CCc2ccccc2)OCCCc2ccccc2)cc1. The lowest BCUT2D eigenvalue weighted by Crippen LogP contribution is -2.20. The molecule has 0 aliphatic heterocycles. The minimum absolute atomic E-state index is 0.137. The lowest BCUT2D eigenvalue weighted by Gasteiger charge is -2.19. The van der Waals surface area contributed by atoms with Gasteiger partial charge in [-0.3, -0.25) is 0 Å². The smallest absolute Gasteiger partial charge is 0.157 e. The van der Waals surface area contributed by atoms with Crippen LogP contribution in [0.25, 0.3) is 0 Å². The Balaban J connectivity index is 1.40. The molecule has 2 heteroatoms. The van der Waals surface area contributed by atoms with E-state index in [1.807, 2.05) is 0 Å². The Morgan fingerprint density at radius 3 is 1.28 bits per heavy atom. The van der Waals surface area contributed by atoms with E-state index in [0.717, 1.165) is 51.7 Å². The van der Waals surface area contributed by atoms with Crippen molar-refractivity contribution in [2.24, 2.45) is 0 Å². The zero-order valence-corrected chi connectivity index (χ0v) is 17.2. The molecule has 0 unspecified atom stereocenters. The molecule has 0 fully saturated rings. The maximum atomic E-state index is 6.12. The Bertz CT molecular complexity index is 724. The molecule has 0 bridgehead atoms. The molecule has 3 rings (SSSR count). The topological polar surface area (TPSA) is 18.5 Å². The molecule has 0 heterocycles. The van der Waals surface area contributed by atoms with E-state index < -0.39 is 0 Å². The van der Waals surface area contributed by atoms with Crippen LogP contribution < -0.4 is 0 Å². The molecular weight excluding hydrogens is 356 g/mol. The molecule has 0 radical (unpaired) electrons. The molecule has 0 spiro atoms. The van der Waals surface area contributed by atoms with Gasteiger partial charge in [0.05, 0.1) is 13.2 Å². The predicted octanol–water partition coefficient (Wildman–Crippen LogP) is 6.24. The highest BCUT2D eigenvalue weighted by Gasteiger charge is 2.10. The van der Waals surface area contributed by atoms with Gasteiger partial charge in [0.15, 0.2) is 6.29 Å². The summed E-state index contributed by atoms with van der Waals surface area (Å²) in [6, 6.07) is 31.8. The summed E-state index contributed by atoms with van der Waals surface area (Å²) in [5.41, 5.74) is 4.06. The third kappa shape index (κ3) is 8.64. The van der Waals surface area contributed by atoms with Crippen molar-refractivity contribution in [2.75, 3.05) is 13.2 Å². The fraction of sp³-hybridized carbons (Fsp3) is 0.333. The second-order valence-electron chi connectivity index (χ2n) is 7.37. The number of benzene rings is 3. The van der Waals surface area contributed by atoms with Gasteiger partial charge < -0.3 is 9.47 Å². The van der Waals surface area contributed by atoms with Gasteiger partial charge in [-0.05, 0) is 48.8 Å². The highest BCUT2D eigenvalue weighted by atomic mass is 16.7. The summed E-state index contributed by atoms with van der Waals surface area (Å²) in [4.78, 5) is 0. The van der Waals surface area contributed by atoms with E-state index >= 15 is 0 Å². The molecule has 0 aliphatic carbocycles. The van der Waals surface area contributed by atoms with E-state index in [-0.39, 0.29) is 6.29 Å². The summed E-state index contributed by atoms with van der Waals surface area (Å²) < 4.78 is 12.2. The molecule has 0 aromatic heterocycles. The van der Waals surface area contributed by atoms with E-state index in [1.165, 1.54) is 16.7 Å². The molecule has 3 aromatic carbocycles. The lowest BCUT2D eigenvalue weighted by atomic mass is 10.1. The lowest BCUT2D eigenvalue weighted by molar-refractivity contribution is -0.146. The van der Waals surface area contributed by atoms with Gasteiger partial charge in [0.25, 0.3) is 0 Å². The number of rotatable bonds is 13. The normalized spacial score (nSPS) is 11.1. The average Bonchev–Trinajstić information content (AvgIpc) is 2.79. The first kappa shape index (κ1) is 21.3. The number of ether oxygens (including phenoxy) is 2.